The fourth-order valence-corrected chi connectivity index (χ4v) is 4.17. The highest BCUT2D eigenvalue weighted by atomic mass is 32.2. The zero-order valence-electron chi connectivity index (χ0n) is 18.6. The lowest BCUT2D eigenvalue weighted by molar-refractivity contribution is -0.113. The third kappa shape index (κ3) is 5.79. The van der Waals surface area contributed by atoms with E-state index in [2.05, 4.69) is 34.6 Å². The normalized spacial score (nSPS) is 10.7. The molecule has 0 fully saturated rings. The molecule has 2 aromatic carbocycles. The SMILES string of the molecule is CCn1c(COc2ccc(OC)cc2)nnc1SCC(=O)Nc1c(C)cc(C)cc1C. The second-order valence-corrected chi connectivity index (χ2v) is 8.16. The Morgan fingerprint density at radius 3 is 2.32 bits per heavy atom. The first-order valence-electron chi connectivity index (χ1n) is 10.1. The number of nitrogens with one attached hydrogen (secondary N) is 1. The van der Waals surface area contributed by atoms with Gasteiger partial charge in [0.1, 0.15) is 18.1 Å². The Bertz CT molecular complexity index is 1020. The minimum absolute atomic E-state index is 0.0678. The van der Waals surface area contributed by atoms with Gasteiger partial charge in [-0.05, 0) is 63.1 Å². The van der Waals surface area contributed by atoms with Crippen LogP contribution in [0, 0.1) is 20.8 Å². The molecule has 0 radical (unpaired) electrons. The van der Waals surface area contributed by atoms with Gasteiger partial charge in [0.2, 0.25) is 5.91 Å². The van der Waals surface area contributed by atoms with E-state index >= 15 is 0 Å². The van der Waals surface area contributed by atoms with Crippen LogP contribution in [-0.2, 0) is 17.9 Å². The van der Waals surface area contributed by atoms with Gasteiger partial charge in [-0.1, -0.05) is 29.5 Å². The summed E-state index contributed by atoms with van der Waals surface area (Å²) in [5.74, 6) is 2.40. The number of hydrogen-bond donors (Lipinski definition) is 1. The molecule has 0 saturated carbocycles. The van der Waals surface area contributed by atoms with E-state index in [0.29, 0.717) is 24.1 Å². The first kappa shape index (κ1) is 22.7. The van der Waals surface area contributed by atoms with Crippen molar-refractivity contribution in [1.29, 1.82) is 0 Å². The van der Waals surface area contributed by atoms with Crippen LogP contribution in [0.2, 0.25) is 0 Å². The number of carbonyl (C=O) groups excluding carboxylic acids is 1. The highest BCUT2D eigenvalue weighted by Gasteiger charge is 2.15. The second-order valence-electron chi connectivity index (χ2n) is 7.22. The van der Waals surface area contributed by atoms with E-state index in [9.17, 15) is 4.79 Å². The zero-order chi connectivity index (χ0) is 22.4. The average molecular weight is 441 g/mol. The summed E-state index contributed by atoms with van der Waals surface area (Å²) in [4.78, 5) is 12.5. The Hall–Kier alpha value is -3.00. The summed E-state index contributed by atoms with van der Waals surface area (Å²) in [5.41, 5.74) is 4.18. The van der Waals surface area contributed by atoms with Gasteiger partial charge in [0.05, 0.1) is 12.9 Å². The smallest absolute Gasteiger partial charge is 0.234 e. The molecule has 31 heavy (non-hydrogen) atoms. The van der Waals surface area contributed by atoms with Crippen LogP contribution in [0.5, 0.6) is 11.5 Å². The molecule has 0 saturated heterocycles. The summed E-state index contributed by atoms with van der Waals surface area (Å²) in [6, 6.07) is 11.5. The van der Waals surface area contributed by atoms with Crippen molar-refractivity contribution in [3.8, 4) is 11.5 Å². The van der Waals surface area contributed by atoms with Gasteiger partial charge in [0.15, 0.2) is 11.0 Å². The number of benzene rings is 2. The number of anilines is 1. The molecule has 7 nitrogen and oxygen atoms in total. The number of rotatable bonds is 9. The first-order valence-corrected chi connectivity index (χ1v) is 11.1. The van der Waals surface area contributed by atoms with Crippen molar-refractivity contribution in [2.24, 2.45) is 0 Å². The highest BCUT2D eigenvalue weighted by molar-refractivity contribution is 7.99. The Morgan fingerprint density at radius 1 is 1.06 bits per heavy atom. The maximum absolute atomic E-state index is 12.5. The van der Waals surface area contributed by atoms with E-state index in [1.807, 2.05) is 49.6 Å². The van der Waals surface area contributed by atoms with E-state index in [1.54, 1.807) is 7.11 Å². The van der Waals surface area contributed by atoms with Gasteiger partial charge < -0.3 is 19.4 Å². The molecule has 1 amide bonds. The molecule has 0 aliphatic heterocycles. The number of amides is 1. The van der Waals surface area contributed by atoms with Gasteiger partial charge in [-0.15, -0.1) is 10.2 Å². The second kappa shape index (κ2) is 10.3. The lowest BCUT2D eigenvalue weighted by Gasteiger charge is -2.13. The van der Waals surface area contributed by atoms with Crippen LogP contribution in [0.1, 0.15) is 29.4 Å². The molecule has 0 atom stereocenters. The van der Waals surface area contributed by atoms with Crippen LogP contribution in [-0.4, -0.2) is 33.5 Å². The van der Waals surface area contributed by atoms with Gasteiger partial charge in [0.25, 0.3) is 0 Å². The van der Waals surface area contributed by atoms with E-state index in [0.717, 1.165) is 28.3 Å². The van der Waals surface area contributed by atoms with Crippen LogP contribution >= 0.6 is 11.8 Å². The number of ether oxygens (including phenoxy) is 2. The Morgan fingerprint density at radius 2 is 1.71 bits per heavy atom. The van der Waals surface area contributed by atoms with Crippen LogP contribution in [0.15, 0.2) is 41.6 Å². The predicted octanol–water partition coefficient (Wildman–Crippen LogP) is 4.54. The molecule has 0 unspecified atom stereocenters. The summed E-state index contributed by atoms with van der Waals surface area (Å²) in [6.07, 6.45) is 0. The monoisotopic (exact) mass is 440 g/mol. The van der Waals surface area contributed by atoms with Gasteiger partial charge in [-0.25, -0.2) is 0 Å². The number of aromatic nitrogens is 3. The molecule has 3 aromatic rings. The maximum atomic E-state index is 12.5. The van der Waals surface area contributed by atoms with Crippen LogP contribution in [0.25, 0.3) is 0 Å². The van der Waals surface area contributed by atoms with E-state index in [4.69, 9.17) is 9.47 Å². The van der Waals surface area contributed by atoms with Gasteiger partial charge >= 0.3 is 0 Å². The van der Waals surface area contributed by atoms with Crippen LogP contribution < -0.4 is 14.8 Å². The highest BCUT2D eigenvalue weighted by Crippen LogP contribution is 2.24. The van der Waals surface area contributed by atoms with Gasteiger partial charge in [0, 0.05) is 12.2 Å². The summed E-state index contributed by atoms with van der Waals surface area (Å²) in [7, 11) is 1.63. The minimum atomic E-state index is -0.0678. The number of methoxy groups -OCH3 is 1. The third-order valence-electron chi connectivity index (χ3n) is 4.81. The van der Waals surface area contributed by atoms with Gasteiger partial charge in [-0.3, -0.25) is 4.79 Å². The molecular weight excluding hydrogens is 412 g/mol. The molecule has 0 aliphatic rings. The van der Waals surface area contributed by atoms with E-state index < -0.39 is 0 Å². The molecule has 1 aromatic heterocycles. The summed E-state index contributed by atoms with van der Waals surface area (Å²) in [5, 5.41) is 12.2. The van der Waals surface area contributed by atoms with Gasteiger partial charge in [-0.2, -0.15) is 0 Å². The molecule has 164 valence electrons. The van der Waals surface area contributed by atoms with E-state index in [1.165, 1.54) is 17.3 Å². The summed E-state index contributed by atoms with van der Waals surface area (Å²) in [6.45, 7) is 9.06. The molecule has 0 bridgehead atoms. The minimum Gasteiger partial charge on any atom is -0.497 e. The first-order chi connectivity index (χ1) is 14.9. The van der Waals surface area contributed by atoms with Crippen molar-refractivity contribution in [3.63, 3.8) is 0 Å². The van der Waals surface area contributed by atoms with Crippen molar-refractivity contribution in [2.75, 3.05) is 18.2 Å². The lowest BCUT2D eigenvalue weighted by atomic mass is 10.1. The number of carbonyl (C=O) groups is 1. The molecule has 1 N–H and O–H groups in total. The lowest BCUT2D eigenvalue weighted by Crippen LogP contribution is -2.16. The Labute approximate surface area is 187 Å². The Balaban J connectivity index is 1.59. The number of aryl methyl sites for hydroxylation is 3. The summed E-state index contributed by atoms with van der Waals surface area (Å²) >= 11 is 1.37. The van der Waals surface area contributed by atoms with Crippen molar-refractivity contribution in [2.45, 2.75) is 46.0 Å². The maximum Gasteiger partial charge on any atom is 0.234 e. The number of nitrogens with zero attached hydrogens (tertiary/aromatic N) is 3. The summed E-state index contributed by atoms with van der Waals surface area (Å²) < 4.78 is 12.9. The fourth-order valence-electron chi connectivity index (χ4n) is 3.35. The molecule has 0 spiro atoms. The van der Waals surface area contributed by atoms with Crippen LogP contribution in [0.4, 0.5) is 5.69 Å². The van der Waals surface area contributed by atoms with E-state index in [-0.39, 0.29) is 11.7 Å². The van der Waals surface area contributed by atoms with Crippen molar-refractivity contribution in [1.82, 2.24) is 14.8 Å². The zero-order valence-corrected chi connectivity index (χ0v) is 19.4. The topological polar surface area (TPSA) is 78.3 Å². The quantitative estimate of drug-likeness (QED) is 0.492. The molecule has 3 rings (SSSR count). The van der Waals surface area contributed by atoms with Crippen molar-refractivity contribution >= 4 is 23.4 Å². The molecule has 8 heteroatoms. The number of thioether (sulfide) groups is 1. The standard InChI is InChI=1S/C23H28N4O3S/c1-6-27-20(13-30-19-9-7-18(29-5)8-10-19)25-26-23(27)31-14-21(28)24-22-16(3)11-15(2)12-17(22)4/h7-12H,6,13-14H2,1-5H3,(H,24,28). The fraction of sp³-hybridized carbons (Fsp3) is 0.348. The van der Waals surface area contributed by atoms with Crippen molar-refractivity contribution in [3.05, 3.63) is 58.9 Å². The third-order valence-corrected chi connectivity index (χ3v) is 5.78. The number of hydrogen-bond acceptors (Lipinski definition) is 6. The largest absolute Gasteiger partial charge is 0.497 e. The molecule has 1 heterocycles. The predicted molar refractivity (Wildman–Crippen MR) is 123 cm³/mol. The Kier molecular flexibility index (Phi) is 7.57. The van der Waals surface area contributed by atoms with Crippen molar-refractivity contribution < 1.29 is 14.3 Å². The molecular formula is C23H28N4O3S. The molecule has 0 aliphatic carbocycles. The van der Waals surface area contributed by atoms with Crippen LogP contribution in [0.3, 0.4) is 0 Å². The average Bonchev–Trinajstić information content (AvgIpc) is 3.15.